The van der Waals surface area contributed by atoms with Crippen molar-refractivity contribution in [3.8, 4) is 0 Å². The van der Waals surface area contributed by atoms with Crippen LogP contribution in [0.1, 0.15) is 6.42 Å². The number of allylic oxidation sites excluding steroid dienone is 1. The molecule has 2 aromatic rings. The number of carbonyl (C=O) groups is 1. The summed E-state index contributed by atoms with van der Waals surface area (Å²) in [6.07, 6.45) is -0.00689. The highest BCUT2D eigenvalue weighted by molar-refractivity contribution is 7.96. The molecular formula is C18H19N2O2PS. The Bertz CT molecular complexity index is 744. The Morgan fingerprint density at radius 2 is 1.38 bits per heavy atom. The Labute approximate surface area is 147 Å². The molecule has 4 nitrogen and oxygen atoms in total. The van der Waals surface area contributed by atoms with Gasteiger partial charge in [0.05, 0.1) is 0 Å². The molecule has 0 aliphatic carbocycles. The normalized spacial score (nSPS) is 16.2. The van der Waals surface area contributed by atoms with Gasteiger partial charge in [-0.3, -0.25) is 9.36 Å². The third-order valence-corrected chi connectivity index (χ3v) is 7.36. The quantitative estimate of drug-likeness (QED) is 0.628. The molecule has 0 radical (unpaired) electrons. The van der Waals surface area contributed by atoms with E-state index in [9.17, 15) is 9.36 Å². The lowest BCUT2D eigenvalue weighted by molar-refractivity contribution is -0.110. The Morgan fingerprint density at radius 1 is 0.958 bits per heavy atom. The van der Waals surface area contributed by atoms with Crippen LogP contribution in [0.25, 0.3) is 0 Å². The van der Waals surface area contributed by atoms with Crippen LogP contribution in [-0.4, -0.2) is 18.2 Å². The summed E-state index contributed by atoms with van der Waals surface area (Å²) in [7, 11) is -3.18. The molecule has 1 saturated heterocycles. The molecular weight excluding hydrogens is 339 g/mol. The van der Waals surface area contributed by atoms with Crippen LogP contribution in [0.3, 0.4) is 0 Å². The first-order chi connectivity index (χ1) is 11.5. The second-order valence-corrected chi connectivity index (χ2v) is 8.78. The van der Waals surface area contributed by atoms with Gasteiger partial charge < -0.3 is 9.34 Å². The lowest BCUT2D eigenvalue weighted by Crippen LogP contribution is -2.20. The molecule has 0 bridgehead atoms. The summed E-state index contributed by atoms with van der Waals surface area (Å²) in [5, 5.41) is 0.0795. The van der Waals surface area contributed by atoms with Gasteiger partial charge in [-0.25, -0.2) is 0 Å². The summed E-state index contributed by atoms with van der Waals surface area (Å²) in [6, 6.07) is 19.2. The van der Waals surface area contributed by atoms with Crippen LogP contribution in [0.2, 0.25) is 0 Å². The molecule has 0 atom stereocenters. The van der Waals surface area contributed by atoms with Crippen molar-refractivity contribution < 1.29 is 9.36 Å². The maximum absolute atomic E-state index is 14.1. The Kier molecular flexibility index (Phi) is 4.83. The van der Waals surface area contributed by atoms with Gasteiger partial charge in [0.15, 0.2) is 5.12 Å². The van der Waals surface area contributed by atoms with Gasteiger partial charge in [0.25, 0.3) is 7.44 Å². The van der Waals surface area contributed by atoms with E-state index in [0.717, 1.165) is 11.4 Å². The zero-order chi connectivity index (χ0) is 17.2. The highest BCUT2D eigenvalue weighted by Gasteiger charge is 2.45. The number of carbonyl (C=O) groups excluding carboxylic acids is 1. The third kappa shape index (κ3) is 3.02. The molecule has 0 unspecified atom stereocenters. The largest absolute Gasteiger partial charge is 0.302 e. The lowest BCUT2D eigenvalue weighted by Gasteiger charge is -2.33. The fourth-order valence-electron chi connectivity index (χ4n) is 2.98. The molecule has 24 heavy (non-hydrogen) atoms. The van der Waals surface area contributed by atoms with E-state index < -0.39 is 7.44 Å². The highest BCUT2D eigenvalue weighted by Crippen LogP contribution is 2.65. The zero-order valence-electron chi connectivity index (χ0n) is 13.2. The summed E-state index contributed by atoms with van der Waals surface area (Å²) in [4.78, 5) is 11.5. The number of para-hydroxylation sites is 2. The molecule has 124 valence electrons. The second-order valence-electron chi connectivity index (χ2n) is 5.60. The molecule has 1 aliphatic rings. The van der Waals surface area contributed by atoms with Crippen LogP contribution < -0.4 is 9.34 Å². The SMILES string of the molecule is C=C(CC(=O)S)P1(=O)N(c2ccccc2)CCN1c1ccccc1. The molecule has 1 aliphatic heterocycles. The van der Waals surface area contributed by atoms with Gasteiger partial charge in [-0.2, -0.15) is 0 Å². The van der Waals surface area contributed by atoms with E-state index in [4.69, 9.17) is 0 Å². The van der Waals surface area contributed by atoms with Crippen LogP contribution in [0.15, 0.2) is 72.6 Å². The molecule has 0 aromatic heterocycles. The number of benzene rings is 2. The van der Waals surface area contributed by atoms with Gasteiger partial charge in [0.2, 0.25) is 0 Å². The fraction of sp³-hybridized carbons (Fsp3) is 0.167. The molecule has 1 fully saturated rings. The Balaban J connectivity index is 2.07. The molecule has 2 aromatic carbocycles. The maximum atomic E-state index is 14.1. The van der Waals surface area contributed by atoms with E-state index in [1.165, 1.54) is 0 Å². The standard InChI is InChI=1S/C18H19N2O2PS/c1-15(14-18(21)24)23(22)19(16-8-4-2-5-9-16)12-13-20(23)17-10-6-3-7-11-17/h2-11H,1,12-14H2,(H,21,24). The third-order valence-electron chi connectivity index (χ3n) is 4.05. The minimum absolute atomic E-state index is 0.00689. The van der Waals surface area contributed by atoms with E-state index >= 15 is 0 Å². The molecule has 0 spiro atoms. The number of rotatable bonds is 5. The van der Waals surface area contributed by atoms with Crippen molar-refractivity contribution in [1.82, 2.24) is 0 Å². The summed E-state index contributed by atoms with van der Waals surface area (Å²) in [5.41, 5.74) is 1.74. The van der Waals surface area contributed by atoms with Crippen molar-refractivity contribution in [2.75, 3.05) is 22.4 Å². The molecule has 0 saturated carbocycles. The smallest absolute Gasteiger partial charge is 0.288 e. The molecule has 3 rings (SSSR count). The van der Waals surface area contributed by atoms with Crippen molar-refractivity contribution in [2.45, 2.75) is 6.42 Å². The fourth-order valence-corrected chi connectivity index (χ4v) is 6.20. The van der Waals surface area contributed by atoms with Crippen LogP contribution in [0.5, 0.6) is 0 Å². The van der Waals surface area contributed by atoms with Crippen LogP contribution in [-0.2, 0) is 9.36 Å². The number of thiol groups is 1. The van der Waals surface area contributed by atoms with Crippen molar-refractivity contribution >= 4 is 36.6 Å². The average Bonchev–Trinajstić information content (AvgIpc) is 2.94. The minimum Gasteiger partial charge on any atom is -0.302 e. The van der Waals surface area contributed by atoms with Crippen LogP contribution in [0, 0.1) is 0 Å². The minimum atomic E-state index is -3.18. The summed E-state index contributed by atoms with van der Waals surface area (Å²) in [6.45, 7) is 5.20. The van der Waals surface area contributed by atoms with Gasteiger partial charge in [-0.1, -0.05) is 43.0 Å². The van der Waals surface area contributed by atoms with Gasteiger partial charge >= 0.3 is 0 Å². The first-order valence-corrected chi connectivity index (χ1v) is 9.76. The maximum Gasteiger partial charge on any atom is 0.288 e. The number of nitrogens with zero attached hydrogens (tertiary/aromatic N) is 2. The van der Waals surface area contributed by atoms with Gasteiger partial charge in [0.1, 0.15) is 0 Å². The summed E-state index contributed by atoms with van der Waals surface area (Å²) in [5.74, 6) is 0. The average molecular weight is 358 g/mol. The van der Waals surface area contributed by atoms with Crippen molar-refractivity contribution in [3.63, 3.8) is 0 Å². The van der Waals surface area contributed by atoms with Gasteiger partial charge in [0, 0.05) is 36.2 Å². The van der Waals surface area contributed by atoms with E-state index in [2.05, 4.69) is 19.2 Å². The van der Waals surface area contributed by atoms with Gasteiger partial charge in [-0.05, 0) is 24.3 Å². The Morgan fingerprint density at radius 3 is 1.75 bits per heavy atom. The number of hydrogen-bond acceptors (Lipinski definition) is 2. The molecule has 0 N–H and O–H groups in total. The van der Waals surface area contributed by atoms with E-state index in [-0.39, 0.29) is 11.5 Å². The summed E-state index contributed by atoms with van der Waals surface area (Å²) < 4.78 is 17.8. The van der Waals surface area contributed by atoms with Crippen molar-refractivity contribution in [1.29, 1.82) is 0 Å². The molecule has 6 heteroatoms. The second kappa shape index (κ2) is 6.88. The monoisotopic (exact) mass is 358 g/mol. The first-order valence-electron chi connectivity index (χ1n) is 7.70. The summed E-state index contributed by atoms with van der Waals surface area (Å²) >= 11 is 3.84. The first kappa shape index (κ1) is 16.9. The van der Waals surface area contributed by atoms with E-state index in [1.54, 1.807) is 0 Å². The van der Waals surface area contributed by atoms with Gasteiger partial charge in [-0.15, -0.1) is 12.6 Å². The van der Waals surface area contributed by atoms with E-state index in [0.29, 0.717) is 18.4 Å². The highest BCUT2D eigenvalue weighted by atomic mass is 32.1. The van der Waals surface area contributed by atoms with Crippen molar-refractivity contribution in [2.24, 2.45) is 0 Å². The van der Waals surface area contributed by atoms with Crippen LogP contribution in [0.4, 0.5) is 11.4 Å². The van der Waals surface area contributed by atoms with Crippen LogP contribution >= 0.6 is 20.1 Å². The predicted molar refractivity (Wildman–Crippen MR) is 103 cm³/mol. The zero-order valence-corrected chi connectivity index (χ0v) is 15.0. The van der Waals surface area contributed by atoms with E-state index in [1.807, 2.05) is 70.0 Å². The number of hydrogen-bond donors (Lipinski definition) is 1. The Hall–Kier alpha value is -1.97. The predicted octanol–water partition coefficient (Wildman–Crippen LogP) is 4.57. The topological polar surface area (TPSA) is 40.6 Å². The lowest BCUT2D eigenvalue weighted by atomic mass is 10.3. The number of anilines is 2. The molecule has 0 amide bonds. The van der Waals surface area contributed by atoms with Crippen molar-refractivity contribution in [3.05, 3.63) is 72.6 Å². The molecule has 1 heterocycles.